The van der Waals surface area contributed by atoms with E-state index in [1.165, 1.54) is 12.8 Å². The molecule has 0 amide bonds. The topological polar surface area (TPSA) is 0 Å². The summed E-state index contributed by atoms with van der Waals surface area (Å²) in [6, 6.07) is 0. The number of rotatable bonds is 6. The Bertz CT molecular complexity index is 105. The second-order valence-electron chi connectivity index (χ2n) is 2.18. The Kier molecular flexibility index (Phi) is 11.0. The third-order valence-corrected chi connectivity index (χ3v) is 1.94. The normalized spacial score (nSPS) is 11.8. The number of halogens is 2. The van der Waals surface area contributed by atoms with Crippen LogP contribution in [0.1, 0.15) is 19.3 Å². The molecule has 0 heterocycles. The largest absolute Gasteiger partial charge is 0.122 e. The fourth-order valence-electron chi connectivity index (χ4n) is 0.715. The Labute approximate surface area is 87.8 Å². The molecule has 0 aromatic carbocycles. The standard InChI is InChI=1S/C9H14ClI/c10-8-6-4-2-1-3-5-7-9-11/h4-7H,1-3,8-9H2/b6-4+,7-5+. The van der Waals surface area contributed by atoms with Crippen LogP contribution >= 0.6 is 34.2 Å². The number of hydrogen-bond donors (Lipinski definition) is 0. The summed E-state index contributed by atoms with van der Waals surface area (Å²) in [4.78, 5) is 0. The molecule has 11 heavy (non-hydrogen) atoms. The van der Waals surface area contributed by atoms with Crippen molar-refractivity contribution in [1.29, 1.82) is 0 Å². The monoisotopic (exact) mass is 284 g/mol. The first kappa shape index (κ1) is 11.5. The molecule has 0 fully saturated rings. The molecule has 0 atom stereocenters. The van der Waals surface area contributed by atoms with Gasteiger partial charge in [-0.1, -0.05) is 46.9 Å². The molecule has 0 aromatic rings. The van der Waals surface area contributed by atoms with Crippen LogP contribution in [0.4, 0.5) is 0 Å². The van der Waals surface area contributed by atoms with E-state index in [2.05, 4.69) is 40.8 Å². The highest BCUT2D eigenvalue weighted by atomic mass is 127. The van der Waals surface area contributed by atoms with Crippen molar-refractivity contribution in [3.8, 4) is 0 Å². The Morgan fingerprint density at radius 3 is 2.18 bits per heavy atom. The Hall–Kier alpha value is 0.500. The summed E-state index contributed by atoms with van der Waals surface area (Å²) >= 11 is 7.81. The van der Waals surface area contributed by atoms with Crippen molar-refractivity contribution in [3.63, 3.8) is 0 Å². The second kappa shape index (κ2) is 10.5. The van der Waals surface area contributed by atoms with Crippen LogP contribution in [0.5, 0.6) is 0 Å². The maximum Gasteiger partial charge on any atom is 0.0404 e. The van der Waals surface area contributed by atoms with Crippen molar-refractivity contribution in [1.82, 2.24) is 0 Å². The van der Waals surface area contributed by atoms with Gasteiger partial charge >= 0.3 is 0 Å². The summed E-state index contributed by atoms with van der Waals surface area (Å²) in [7, 11) is 0. The molecule has 0 unspecified atom stereocenters. The van der Waals surface area contributed by atoms with Crippen LogP contribution in [0.2, 0.25) is 0 Å². The van der Waals surface area contributed by atoms with Gasteiger partial charge in [-0.3, -0.25) is 0 Å². The molecular formula is C9H14ClI. The lowest BCUT2D eigenvalue weighted by Gasteiger charge is -1.88. The maximum atomic E-state index is 5.46. The van der Waals surface area contributed by atoms with E-state index in [1.54, 1.807) is 0 Å². The van der Waals surface area contributed by atoms with Crippen LogP contribution in [0.25, 0.3) is 0 Å². The molecule has 0 aliphatic carbocycles. The van der Waals surface area contributed by atoms with Crippen molar-refractivity contribution in [3.05, 3.63) is 24.3 Å². The van der Waals surface area contributed by atoms with Crippen molar-refractivity contribution in [2.75, 3.05) is 10.3 Å². The first-order valence-corrected chi connectivity index (χ1v) is 5.89. The molecule has 0 bridgehead atoms. The summed E-state index contributed by atoms with van der Waals surface area (Å²) in [6.07, 6.45) is 12.2. The molecule has 64 valence electrons. The number of hydrogen-bond acceptors (Lipinski definition) is 0. The highest BCUT2D eigenvalue weighted by Gasteiger charge is 1.79. The fraction of sp³-hybridized carbons (Fsp3) is 0.556. The predicted molar refractivity (Wildman–Crippen MR) is 61.7 cm³/mol. The second-order valence-corrected chi connectivity index (χ2v) is 3.37. The third kappa shape index (κ3) is 10.5. The van der Waals surface area contributed by atoms with Gasteiger partial charge in [-0.25, -0.2) is 0 Å². The van der Waals surface area contributed by atoms with E-state index in [4.69, 9.17) is 11.6 Å². The SMILES string of the molecule is ClC/C=C/CCC/C=C/CI. The van der Waals surface area contributed by atoms with Gasteiger partial charge in [0.2, 0.25) is 0 Å². The average molecular weight is 285 g/mol. The smallest absolute Gasteiger partial charge is 0.0404 e. The van der Waals surface area contributed by atoms with Gasteiger partial charge in [0.05, 0.1) is 0 Å². The fourth-order valence-corrected chi connectivity index (χ4v) is 1.20. The number of alkyl halides is 2. The van der Waals surface area contributed by atoms with Crippen molar-refractivity contribution in [2.45, 2.75) is 19.3 Å². The lowest BCUT2D eigenvalue weighted by Crippen LogP contribution is -1.70. The van der Waals surface area contributed by atoms with Crippen LogP contribution < -0.4 is 0 Å². The van der Waals surface area contributed by atoms with Crippen molar-refractivity contribution >= 4 is 34.2 Å². The van der Waals surface area contributed by atoms with Gasteiger partial charge in [0.25, 0.3) is 0 Å². The summed E-state index contributed by atoms with van der Waals surface area (Å²) in [5.41, 5.74) is 0. The Balaban J connectivity index is 3.02. The van der Waals surface area contributed by atoms with E-state index in [9.17, 15) is 0 Å². The summed E-state index contributed by atoms with van der Waals surface area (Å²) < 4.78 is 1.12. The maximum absolute atomic E-state index is 5.46. The van der Waals surface area contributed by atoms with Gasteiger partial charge in [0, 0.05) is 10.3 Å². The summed E-state index contributed by atoms with van der Waals surface area (Å²) in [5.74, 6) is 0.642. The zero-order valence-corrected chi connectivity index (χ0v) is 9.51. The molecule has 0 N–H and O–H groups in total. The van der Waals surface area contributed by atoms with Crippen LogP contribution in [0, 0.1) is 0 Å². The number of allylic oxidation sites excluding steroid dienone is 4. The molecule has 0 nitrogen and oxygen atoms in total. The molecule has 2 heteroatoms. The molecule has 0 aliphatic rings. The van der Waals surface area contributed by atoms with E-state index in [-0.39, 0.29) is 0 Å². The minimum atomic E-state index is 0.642. The Morgan fingerprint density at radius 2 is 1.64 bits per heavy atom. The molecule has 0 saturated carbocycles. The highest BCUT2D eigenvalue weighted by Crippen LogP contribution is 1.98. The van der Waals surface area contributed by atoms with E-state index in [0.29, 0.717) is 5.88 Å². The van der Waals surface area contributed by atoms with Crippen LogP contribution in [0.3, 0.4) is 0 Å². The van der Waals surface area contributed by atoms with E-state index in [0.717, 1.165) is 10.8 Å². The first-order chi connectivity index (χ1) is 5.41. The minimum absolute atomic E-state index is 0.642. The minimum Gasteiger partial charge on any atom is -0.122 e. The number of unbranched alkanes of at least 4 members (excludes halogenated alkanes) is 2. The van der Waals surface area contributed by atoms with Crippen molar-refractivity contribution < 1.29 is 0 Å². The van der Waals surface area contributed by atoms with Crippen LogP contribution in [-0.4, -0.2) is 10.3 Å². The zero-order valence-electron chi connectivity index (χ0n) is 6.60. The van der Waals surface area contributed by atoms with Gasteiger partial charge in [-0.15, -0.1) is 11.6 Å². The summed E-state index contributed by atoms with van der Waals surface area (Å²) in [5, 5.41) is 0. The van der Waals surface area contributed by atoms with E-state index in [1.807, 2.05) is 6.08 Å². The van der Waals surface area contributed by atoms with E-state index >= 15 is 0 Å². The van der Waals surface area contributed by atoms with Gasteiger partial charge in [-0.05, 0) is 19.3 Å². The lowest BCUT2D eigenvalue weighted by molar-refractivity contribution is 0.867. The molecule has 0 rings (SSSR count). The lowest BCUT2D eigenvalue weighted by atomic mass is 10.2. The Morgan fingerprint density at radius 1 is 1.00 bits per heavy atom. The van der Waals surface area contributed by atoms with Crippen LogP contribution in [0.15, 0.2) is 24.3 Å². The van der Waals surface area contributed by atoms with E-state index < -0.39 is 0 Å². The quantitative estimate of drug-likeness (QED) is 0.300. The van der Waals surface area contributed by atoms with Gasteiger partial charge in [0.15, 0.2) is 0 Å². The zero-order chi connectivity index (χ0) is 8.36. The molecule has 0 saturated heterocycles. The average Bonchev–Trinajstić information content (AvgIpc) is 2.03. The summed E-state index contributed by atoms with van der Waals surface area (Å²) in [6.45, 7) is 0. The van der Waals surface area contributed by atoms with Crippen molar-refractivity contribution in [2.24, 2.45) is 0 Å². The van der Waals surface area contributed by atoms with Gasteiger partial charge in [-0.2, -0.15) is 0 Å². The highest BCUT2D eigenvalue weighted by molar-refractivity contribution is 14.1. The van der Waals surface area contributed by atoms with Crippen LogP contribution in [-0.2, 0) is 0 Å². The predicted octanol–water partition coefficient (Wildman–Crippen LogP) is 3.94. The van der Waals surface area contributed by atoms with Gasteiger partial charge in [0.1, 0.15) is 0 Å². The molecular weight excluding hydrogens is 270 g/mol. The molecule has 0 aliphatic heterocycles. The molecule has 0 aromatic heterocycles. The molecule has 0 spiro atoms. The molecule has 0 radical (unpaired) electrons. The third-order valence-electron chi connectivity index (χ3n) is 1.25. The first-order valence-electron chi connectivity index (χ1n) is 3.83. The van der Waals surface area contributed by atoms with Gasteiger partial charge < -0.3 is 0 Å².